The summed E-state index contributed by atoms with van der Waals surface area (Å²) in [5, 5.41) is 18.9. The molecule has 0 amide bonds. The molecule has 2 heteroatoms. The van der Waals surface area contributed by atoms with Gasteiger partial charge in [-0.1, -0.05) is 44.5 Å². The average Bonchev–Trinajstić information content (AvgIpc) is 2.50. The van der Waals surface area contributed by atoms with Gasteiger partial charge in [0.05, 0.1) is 0 Å². The number of hydrogen-bond acceptors (Lipinski definition) is 2. The first kappa shape index (κ1) is 15.2. The van der Waals surface area contributed by atoms with Crippen LogP contribution in [0.1, 0.15) is 44.2 Å². The molecule has 0 heterocycles. The summed E-state index contributed by atoms with van der Waals surface area (Å²) >= 11 is 0. The fourth-order valence-corrected chi connectivity index (χ4v) is 2.64. The van der Waals surface area contributed by atoms with Crippen molar-refractivity contribution in [3.63, 3.8) is 0 Å². The topological polar surface area (TPSA) is 40.5 Å². The molecule has 0 radical (unpaired) electrons. The lowest BCUT2D eigenvalue weighted by molar-refractivity contribution is 0.474. The average molecular weight is 282 g/mol. The molecule has 0 aliphatic carbocycles. The minimum atomic E-state index is 0.288. The molecular weight excluding hydrogens is 260 g/mol. The van der Waals surface area contributed by atoms with E-state index in [2.05, 4.69) is 13.8 Å². The quantitative estimate of drug-likeness (QED) is 0.738. The normalized spacial score (nSPS) is 12.1. The minimum Gasteiger partial charge on any atom is -0.508 e. The molecule has 2 nitrogen and oxygen atoms in total. The van der Waals surface area contributed by atoms with Crippen molar-refractivity contribution in [1.29, 1.82) is 0 Å². The number of phenols is 2. The lowest BCUT2D eigenvalue weighted by Crippen LogP contribution is -1.92. The monoisotopic (exact) mass is 282 g/mol. The van der Waals surface area contributed by atoms with Gasteiger partial charge in [-0.15, -0.1) is 0 Å². The van der Waals surface area contributed by atoms with Crippen molar-refractivity contribution in [3.05, 3.63) is 59.7 Å². The van der Waals surface area contributed by atoms with Gasteiger partial charge in [-0.2, -0.15) is 0 Å². The zero-order valence-electron chi connectivity index (χ0n) is 12.6. The third-order valence-corrected chi connectivity index (χ3v) is 3.65. The van der Waals surface area contributed by atoms with Gasteiger partial charge >= 0.3 is 0 Å². The van der Waals surface area contributed by atoms with Crippen LogP contribution in [0.3, 0.4) is 0 Å². The molecule has 21 heavy (non-hydrogen) atoms. The molecule has 110 valence electrons. The third kappa shape index (κ3) is 3.66. The summed E-state index contributed by atoms with van der Waals surface area (Å²) in [6, 6.07) is 14.8. The molecule has 0 saturated heterocycles. The Hall–Kier alpha value is -2.22. The van der Waals surface area contributed by atoms with Crippen LogP contribution >= 0.6 is 0 Å². The van der Waals surface area contributed by atoms with Gasteiger partial charge in [0.15, 0.2) is 0 Å². The summed E-state index contributed by atoms with van der Waals surface area (Å²) < 4.78 is 0. The second-order valence-corrected chi connectivity index (χ2v) is 5.15. The number of allylic oxidation sites excluding steroid dienone is 2. The zero-order valence-corrected chi connectivity index (χ0v) is 12.6. The van der Waals surface area contributed by atoms with Crippen LogP contribution in [0, 0.1) is 0 Å². The van der Waals surface area contributed by atoms with Crippen LogP contribution in [-0.4, -0.2) is 10.2 Å². The van der Waals surface area contributed by atoms with Gasteiger partial charge < -0.3 is 10.2 Å². The van der Waals surface area contributed by atoms with Crippen molar-refractivity contribution in [2.75, 3.05) is 0 Å². The van der Waals surface area contributed by atoms with Crippen LogP contribution in [0.2, 0.25) is 0 Å². The summed E-state index contributed by atoms with van der Waals surface area (Å²) in [6.07, 6.45) is 2.99. The summed E-state index contributed by atoms with van der Waals surface area (Å²) in [5.41, 5.74) is 4.90. The lowest BCUT2D eigenvalue weighted by Gasteiger charge is -2.15. The van der Waals surface area contributed by atoms with Crippen LogP contribution in [0.4, 0.5) is 0 Å². The first-order valence-corrected chi connectivity index (χ1v) is 7.46. The van der Waals surface area contributed by atoms with Crippen molar-refractivity contribution < 1.29 is 10.2 Å². The number of aromatic hydroxyl groups is 2. The first-order chi connectivity index (χ1) is 10.2. The second-order valence-electron chi connectivity index (χ2n) is 5.15. The predicted molar refractivity (Wildman–Crippen MR) is 88.2 cm³/mol. The Morgan fingerprint density at radius 3 is 1.52 bits per heavy atom. The molecule has 0 bridgehead atoms. The smallest absolute Gasteiger partial charge is 0.115 e. The number of rotatable bonds is 5. The van der Waals surface area contributed by atoms with Crippen molar-refractivity contribution in [1.82, 2.24) is 0 Å². The number of hydrogen-bond donors (Lipinski definition) is 2. The maximum atomic E-state index is 9.47. The molecule has 0 saturated carbocycles. The summed E-state index contributed by atoms with van der Waals surface area (Å²) in [6.45, 7) is 4.32. The van der Waals surface area contributed by atoms with Gasteiger partial charge in [-0.3, -0.25) is 0 Å². The Bertz CT molecular complexity index is 607. The van der Waals surface area contributed by atoms with Crippen molar-refractivity contribution in [2.24, 2.45) is 0 Å². The number of benzene rings is 2. The van der Waals surface area contributed by atoms with E-state index in [0.717, 1.165) is 30.4 Å². The van der Waals surface area contributed by atoms with Gasteiger partial charge in [-0.05, 0) is 59.4 Å². The van der Waals surface area contributed by atoms with Crippen molar-refractivity contribution in [3.8, 4) is 11.5 Å². The molecule has 2 rings (SSSR count). The van der Waals surface area contributed by atoms with Gasteiger partial charge in [-0.25, -0.2) is 0 Å². The Kier molecular flexibility index (Phi) is 5.04. The van der Waals surface area contributed by atoms with E-state index >= 15 is 0 Å². The van der Waals surface area contributed by atoms with E-state index < -0.39 is 0 Å². The van der Waals surface area contributed by atoms with Gasteiger partial charge in [0.25, 0.3) is 0 Å². The maximum Gasteiger partial charge on any atom is 0.115 e. The SMILES string of the molecule is CCC/C(=C(/CC)c1ccc(O)cc1)c1ccc(O)cc1. The molecule has 2 aromatic carbocycles. The van der Waals surface area contributed by atoms with Crippen LogP contribution in [0.5, 0.6) is 11.5 Å². The minimum absolute atomic E-state index is 0.288. The lowest BCUT2D eigenvalue weighted by atomic mass is 9.90. The molecule has 0 atom stereocenters. The largest absolute Gasteiger partial charge is 0.508 e. The Morgan fingerprint density at radius 2 is 1.14 bits per heavy atom. The first-order valence-electron chi connectivity index (χ1n) is 7.46. The molecule has 0 aliphatic heterocycles. The molecule has 0 fully saturated rings. The predicted octanol–water partition coefficient (Wildman–Crippen LogP) is 5.22. The molecule has 2 N–H and O–H groups in total. The van der Waals surface area contributed by atoms with E-state index in [1.807, 2.05) is 24.3 Å². The summed E-state index contributed by atoms with van der Waals surface area (Å²) in [7, 11) is 0. The Balaban J connectivity index is 2.53. The van der Waals surface area contributed by atoms with Gasteiger partial charge in [0, 0.05) is 0 Å². The molecule has 0 aliphatic rings. The van der Waals surface area contributed by atoms with E-state index in [4.69, 9.17) is 0 Å². The van der Waals surface area contributed by atoms with E-state index in [0.29, 0.717) is 0 Å². The van der Waals surface area contributed by atoms with Crippen molar-refractivity contribution in [2.45, 2.75) is 33.1 Å². The van der Waals surface area contributed by atoms with Crippen LogP contribution in [-0.2, 0) is 0 Å². The Morgan fingerprint density at radius 1 is 0.714 bits per heavy atom. The fourth-order valence-electron chi connectivity index (χ4n) is 2.64. The molecule has 0 spiro atoms. The highest BCUT2D eigenvalue weighted by atomic mass is 16.3. The molecule has 2 aromatic rings. The van der Waals surface area contributed by atoms with Crippen molar-refractivity contribution >= 4 is 11.1 Å². The standard InChI is InChI=1S/C19H22O2/c1-3-5-19(15-8-12-17(21)13-9-15)18(4-2)14-6-10-16(20)11-7-14/h6-13,20-21H,3-5H2,1-2H3/b19-18+. The van der Waals surface area contributed by atoms with Gasteiger partial charge in [0.2, 0.25) is 0 Å². The molecule has 0 unspecified atom stereocenters. The maximum absolute atomic E-state index is 9.47. The third-order valence-electron chi connectivity index (χ3n) is 3.65. The zero-order chi connectivity index (χ0) is 15.2. The van der Waals surface area contributed by atoms with E-state index in [1.165, 1.54) is 11.1 Å². The number of phenolic OH excluding ortho intramolecular Hbond substituents is 2. The van der Waals surface area contributed by atoms with Crippen LogP contribution in [0.15, 0.2) is 48.5 Å². The van der Waals surface area contributed by atoms with Gasteiger partial charge in [0.1, 0.15) is 11.5 Å². The summed E-state index contributed by atoms with van der Waals surface area (Å²) in [4.78, 5) is 0. The second kappa shape index (κ2) is 6.98. The highest BCUT2D eigenvalue weighted by Crippen LogP contribution is 2.33. The Labute approximate surface area is 126 Å². The van der Waals surface area contributed by atoms with E-state index in [1.54, 1.807) is 24.3 Å². The fraction of sp³-hybridized carbons (Fsp3) is 0.263. The van der Waals surface area contributed by atoms with Crippen LogP contribution < -0.4 is 0 Å². The van der Waals surface area contributed by atoms with E-state index in [9.17, 15) is 10.2 Å². The van der Waals surface area contributed by atoms with Crippen LogP contribution in [0.25, 0.3) is 11.1 Å². The van der Waals surface area contributed by atoms with E-state index in [-0.39, 0.29) is 11.5 Å². The molecule has 0 aromatic heterocycles. The highest BCUT2D eigenvalue weighted by Gasteiger charge is 2.10. The molecular formula is C19H22O2. The highest BCUT2D eigenvalue weighted by molar-refractivity contribution is 5.90. The summed E-state index contributed by atoms with van der Waals surface area (Å²) in [5.74, 6) is 0.577.